The molecule has 1 aliphatic carbocycles. The van der Waals surface area contributed by atoms with Gasteiger partial charge >= 0.3 is 12.0 Å². The summed E-state index contributed by atoms with van der Waals surface area (Å²) in [6.07, 6.45) is 4.01. The number of carbonyl (C=O) groups is 2. The molecule has 0 heterocycles. The average Bonchev–Trinajstić information content (AvgIpc) is 2.31. The summed E-state index contributed by atoms with van der Waals surface area (Å²) in [4.78, 5) is 23.7. The summed E-state index contributed by atoms with van der Waals surface area (Å²) in [5, 5.41) is 20.9. The number of amides is 2. The fourth-order valence-corrected chi connectivity index (χ4v) is 2.02. The number of carboxylic acid groups (broad SMARTS) is 1. The molecule has 0 aromatic carbocycles. The zero-order valence-electron chi connectivity index (χ0n) is 10.3. The van der Waals surface area contributed by atoms with Crippen LogP contribution in [-0.4, -0.2) is 52.3 Å². The topological polar surface area (TPSA) is 89.9 Å². The third kappa shape index (κ3) is 4.75. The molecule has 0 aromatic rings. The molecular formula is C12H20N2O4. The summed E-state index contributed by atoms with van der Waals surface area (Å²) >= 11 is 0. The van der Waals surface area contributed by atoms with Crippen LogP contribution in [0, 0.1) is 0 Å². The first-order valence-electron chi connectivity index (χ1n) is 6.09. The molecule has 1 rings (SSSR count). The molecule has 1 fully saturated rings. The van der Waals surface area contributed by atoms with Gasteiger partial charge in [-0.3, -0.25) is 4.79 Å². The van der Waals surface area contributed by atoms with E-state index >= 15 is 0 Å². The highest BCUT2D eigenvalue weighted by Crippen LogP contribution is 2.18. The molecule has 3 N–H and O–H groups in total. The van der Waals surface area contributed by atoms with E-state index in [2.05, 4.69) is 11.9 Å². The Balaban J connectivity index is 2.45. The van der Waals surface area contributed by atoms with Gasteiger partial charge in [-0.05, 0) is 25.7 Å². The predicted molar refractivity (Wildman–Crippen MR) is 66.2 cm³/mol. The zero-order chi connectivity index (χ0) is 13.5. The Morgan fingerprint density at radius 2 is 1.94 bits per heavy atom. The number of nitrogens with zero attached hydrogens (tertiary/aromatic N) is 1. The molecule has 1 saturated carbocycles. The largest absolute Gasteiger partial charge is 0.480 e. The number of aliphatic hydroxyl groups is 1. The van der Waals surface area contributed by atoms with Gasteiger partial charge < -0.3 is 20.4 Å². The van der Waals surface area contributed by atoms with Gasteiger partial charge in [-0.25, -0.2) is 4.79 Å². The van der Waals surface area contributed by atoms with Crippen molar-refractivity contribution in [2.24, 2.45) is 0 Å². The molecule has 0 saturated heterocycles. The zero-order valence-corrected chi connectivity index (χ0v) is 10.3. The summed E-state index contributed by atoms with van der Waals surface area (Å²) in [6.45, 7) is 3.36. The smallest absolute Gasteiger partial charge is 0.323 e. The van der Waals surface area contributed by atoms with E-state index in [0.717, 1.165) is 12.8 Å². The Kier molecular flexibility index (Phi) is 5.64. The van der Waals surface area contributed by atoms with Gasteiger partial charge in [-0.1, -0.05) is 6.08 Å². The van der Waals surface area contributed by atoms with E-state index < -0.39 is 12.0 Å². The lowest BCUT2D eigenvalue weighted by molar-refractivity contribution is -0.137. The monoisotopic (exact) mass is 256 g/mol. The Labute approximate surface area is 106 Å². The van der Waals surface area contributed by atoms with Crippen LogP contribution in [0.4, 0.5) is 4.79 Å². The van der Waals surface area contributed by atoms with Crippen LogP contribution < -0.4 is 5.32 Å². The Morgan fingerprint density at radius 1 is 1.33 bits per heavy atom. The molecule has 0 radical (unpaired) electrons. The van der Waals surface area contributed by atoms with Crippen LogP contribution in [0.25, 0.3) is 0 Å². The third-order valence-corrected chi connectivity index (χ3v) is 2.99. The van der Waals surface area contributed by atoms with Crippen molar-refractivity contribution in [2.75, 3.05) is 13.1 Å². The Bertz CT molecular complexity index is 311. The predicted octanol–water partition coefficient (Wildman–Crippen LogP) is 0.572. The molecule has 1 aliphatic rings. The van der Waals surface area contributed by atoms with E-state index in [1.807, 2.05) is 0 Å². The molecular weight excluding hydrogens is 236 g/mol. The minimum absolute atomic E-state index is 0.0158. The molecule has 2 amide bonds. The number of rotatable bonds is 5. The normalized spacial score (nSPS) is 23.2. The molecule has 18 heavy (non-hydrogen) atoms. The summed E-state index contributed by atoms with van der Waals surface area (Å²) in [5.41, 5.74) is 0. The molecule has 6 heteroatoms. The first-order chi connectivity index (χ1) is 8.52. The average molecular weight is 256 g/mol. The summed E-state index contributed by atoms with van der Waals surface area (Å²) < 4.78 is 0. The van der Waals surface area contributed by atoms with E-state index in [0.29, 0.717) is 12.8 Å². The van der Waals surface area contributed by atoms with Crippen LogP contribution in [0.3, 0.4) is 0 Å². The van der Waals surface area contributed by atoms with Crippen LogP contribution in [0.2, 0.25) is 0 Å². The van der Waals surface area contributed by atoms with Crippen molar-refractivity contribution in [3.05, 3.63) is 12.7 Å². The second-order valence-corrected chi connectivity index (χ2v) is 4.52. The number of carbonyl (C=O) groups excluding carboxylic acids is 1. The van der Waals surface area contributed by atoms with E-state index in [1.54, 1.807) is 0 Å². The van der Waals surface area contributed by atoms with Gasteiger partial charge in [0.05, 0.1) is 6.10 Å². The number of hydrogen-bond donors (Lipinski definition) is 3. The van der Waals surface area contributed by atoms with Crippen LogP contribution in [-0.2, 0) is 4.79 Å². The SMILES string of the molecule is C=CCN(CC(=O)O)C(=O)NC1CCC(O)CC1. The maximum absolute atomic E-state index is 11.9. The highest BCUT2D eigenvalue weighted by Gasteiger charge is 2.23. The fraction of sp³-hybridized carbons (Fsp3) is 0.667. The summed E-state index contributed by atoms with van der Waals surface area (Å²) in [7, 11) is 0. The van der Waals surface area contributed by atoms with Crippen LogP contribution in [0.15, 0.2) is 12.7 Å². The first kappa shape index (κ1) is 14.5. The highest BCUT2D eigenvalue weighted by atomic mass is 16.4. The second kappa shape index (κ2) is 7.00. The van der Waals surface area contributed by atoms with Gasteiger partial charge in [-0.15, -0.1) is 6.58 Å². The van der Waals surface area contributed by atoms with Gasteiger partial charge in [0, 0.05) is 12.6 Å². The van der Waals surface area contributed by atoms with Crippen molar-refractivity contribution in [3.63, 3.8) is 0 Å². The summed E-state index contributed by atoms with van der Waals surface area (Å²) in [6, 6.07) is -0.374. The maximum Gasteiger partial charge on any atom is 0.323 e. The van der Waals surface area contributed by atoms with Crippen LogP contribution >= 0.6 is 0 Å². The van der Waals surface area contributed by atoms with Crippen molar-refractivity contribution >= 4 is 12.0 Å². The highest BCUT2D eigenvalue weighted by molar-refractivity contribution is 5.80. The molecule has 0 aliphatic heterocycles. The van der Waals surface area contributed by atoms with Crippen molar-refractivity contribution in [1.29, 1.82) is 0 Å². The summed E-state index contributed by atoms with van der Waals surface area (Å²) in [5.74, 6) is -1.05. The van der Waals surface area contributed by atoms with E-state index in [-0.39, 0.29) is 25.2 Å². The lowest BCUT2D eigenvalue weighted by atomic mass is 9.93. The molecule has 0 bridgehead atoms. The Morgan fingerprint density at radius 3 is 2.44 bits per heavy atom. The van der Waals surface area contributed by atoms with Crippen molar-refractivity contribution in [1.82, 2.24) is 10.2 Å². The lowest BCUT2D eigenvalue weighted by Gasteiger charge is -2.28. The van der Waals surface area contributed by atoms with Crippen LogP contribution in [0.1, 0.15) is 25.7 Å². The number of aliphatic hydroxyl groups excluding tert-OH is 1. The molecule has 6 nitrogen and oxygen atoms in total. The molecule has 0 spiro atoms. The number of urea groups is 1. The second-order valence-electron chi connectivity index (χ2n) is 4.52. The lowest BCUT2D eigenvalue weighted by Crippen LogP contribution is -2.48. The van der Waals surface area contributed by atoms with Gasteiger partial charge in [0.1, 0.15) is 6.54 Å². The number of nitrogens with one attached hydrogen (secondary N) is 1. The first-order valence-corrected chi connectivity index (χ1v) is 6.09. The van der Waals surface area contributed by atoms with Crippen molar-refractivity contribution in [3.8, 4) is 0 Å². The van der Waals surface area contributed by atoms with Gasteiger partial charge in [0.15, 0.2) is 0 Å². The van der Waals surface area contributed by atoms with Gasteiger partial charge in [0.2, 0.25) is 0 Å². The molecule has 0 atom stereocenters. The van der Waals surface area contributed by atoms with E-state index in [1.165, 1.54) is 11.0 Å². The standard InChI is InChI=1S/C12H20N2O4/c1-2-7-14(8-11(16)17)12(18)13-9-3-5-10(15)6-4-9/h2,9-10,15H,1,3-8H2,(H,13,18)(H,16,17). The van der Waals surface area contributed by atoms with Crippen molar-refractivity contribution in [2.45, 2.75) is 37.8 Å². The molecule has 0 aromatic heterocycles. The minimum Gasteiger partial charge on any atom is -0.480 e. The Hall–Kier alpha value is -1.56. The van der Waals surface area contributed by atoms with E-state index in [4.69, 9.17) is 5.11 Å². The third-order valence-electron chi connectivity index (χ3n) is 2.99. The number of hydrogen-bond acceptors (Lipinski definition) is 3. The van der Waals surface area contributed by atoms with E-state index in [9.17, 15) is 14.7 Å². The fourth-order valence-electron chi connectivity index (χ4n) is 2.02. The quantitative estimate of drug-likeness (QED) is 0.627. The number of aliphatic carboxylic acids is 1. The van der Waals surface area contributed by atoms with Crippen LogP contribution in [0.5, 0.6) is 0 Å². The van der Waals surface area contributed by atoms with Gasteiger partial charge in [0.25, 0.3) is 0 Å². The molecule has 102 valence electrons. The van der Waals surface area contributed by atoms with Crippen molar-refractivity contribution < 1.29 is 19.8 Å². The van der Waals surface area contributed by atoms with Gasteiger partial charge in [-0.2, -0.15) is 0 Å². The minimum atomic E-state index is -1.05. The maximum atomic E-state index is 11.9. The molecule has 0 unspecified atom stereocenters. The number of carboxylic acids is 1.